The van der Waals surface area contributed by atoms with Crippen LogP contribution in [0.3, 0.4) is 0 Å². The van der Waals surface area contributed by atoms with Crippen molar-refractivity contribution in [1.82, 2.24) is 0 Å². The second-order valence-corrected chi connectivity index (χ2v) is 9.47. The molecule has 0 atom stereocenters. The Morgan fingerprint density at radius 3 is 2.10 bits per heavy atom. The van der Waals surface area contributed by atoms with Crippen molar-refractivity contribution >= 4 is 35.9 Å². The van der Waals surface area contributed by atoms with Crippen molar-refractivity contribution in [3.63, 3.8) is 0 Å². The fourth-order valence-corrected chi connectivity index (χ4v) is 3.28. The van der Waals surface area contributed by atoms with E-state index in [2.05, 4.69) is 84.9 Å². The van der Waals surface area contributed by atoms with Crippen molar-refractivity contribution in [2.75, 3.05) is 6.61 Å². The predicted octanol–water partition coefficient (Wildman–Crippen LogP) is 4.08. The molecule has 0 radical (unpaired) electrons. The fraction of sp³-hybridized carbons (Fsp3) is 0.565. The Bertz CT molecular complexity index is 847. The number of fused-ring (bicyclic) bond motifs is 1. The number of rotatable bonds is 7. The summed E-state index contributed by atoms with van der Waals surface area (Å²) >= 11 is 0. The molecular weight excluding hydrogens is 362 g/mol. The van der Waals surface area contributed by atoms with Crippen LogP contribution in [-0.2, 0) is 18.6 Å². The third-order valence-electron chi connectivity index (χ3n) is 6.28. The minimum absolute atomic E-state index is 0.241. The van der Waals surface area contributed by atoms with E-state index in [0.717, 1.165) is 28.1 Å². The second-order valence-electron chi connectivity index (χ2n) is 9.47. The van der Waals surface area contributed by atoms with Crippen molar-refractivity contribution in [1.29, 1.82) is 0 Å². The van der Waals surface area contributed by atoms with E-state index < -0.39 is 0 Å². The summed E-state index contributed by atoms with van der Waals surface area (Å²) in [7, 11) is -0.726. The molecule has 0 aromatic heterocycles. The lowest BCUT2D eigenvalue weighted by molar-refractivity contribution is 0.00578. The number of benzene rings is 2. The van der Waals surface area contributed by atoms with Crippen LogP contribution >= 0.6 is 0 Å². The van der Waals surface area contributed by atoms with Gasteiger partial charge in [-0.25, -0.2) is 0 Å². The summed E-state index contributed by atoms with van der Waals surface area (Å²) in [6.07, 6.45) is 0.918. The monoisotopic (exact) mass is 396 g/mol. The molecule has 2 aromatic rings. The van der Waals surface area contributed by atoms with E-state index in [1.54, 1.807) is 0 Å². The zero-order valence-electron chi connectivity index (χ0n) is 19.2. The van der Waals surface area contributed by atoms with Crippen LogP contribution in [-0.4, -0.2) is 37.6 Å². The fourth-order valence-electron chi connectivity index (χ4n) is 3.28. The molecule has 0 bridgehead atoms. The summed E-state index contributed by atoms with van der Waals surface area (Å²) in [5, 5.41) is 2.29. The molecule has 1 saturated heterocycles. The van der Waals surface area contributed by atoms with Gasteiger partial charge in [-0.1, -0.05) is 43.3 Å². The van der Waals surface area contributed by atoms with Gasteiger partial charge < -0.3 is 18.6 Å². The molecule has 0 amide bonds. The van der Waals surface area contributed by atoms with E-state index in [4.69, 9.17) is 18.6 Å². The van der Waals surface area contributed by atoms with Crippen LogP contribution in [0.25, 0.3) is 10.8 Å². The van der Waals surface area contributed by atoms with Gasteiger partial charge in [0.2, 0.25) is 0 Å². The molecule has 29 heavy (non-hydrogen) atoms. The molecule has 0 N–H and O–H groups in total. The first-order valence-corrected chi connectivity index (χ1v) is 10.7. The minimum atomic E-state index is -0.373. The maximum atomic E-state index is 6.25. The summed E-state index contributed by atoms with van der Waals surface area (Å²) in [5.41, 5.74) is 1.14. The number of hydrogen-bond acceptors (Lipinski definition) is 4. The van der Waals surface area contributed by atoms with E-state index in [0.29, 0.717) is 6.61 Å². The Labute approximate surface area is 176 Å². The van der Waals surface area contributed by atoms with E-state index in [-0.39, 0.29) is 31.0 Å². The smallest absolute Gasteiger partial charge is 0.408 e. The van der Waals surface area contributed by atoms with Crippen molar-refractivity contribution in [3.8, 4) is 0 Å². The first-order chi connectivity index (χ1) is 13.5. The largest absolute Gasteiger partial charge is 0.494 e. The molecule has 0 aliphatic carbocycles. The van der Waals surface area contributed by atoms with Gasteiger partial charge in [0.15, 0.2) is 0 Å². The topological polar surface area (TPSA) is 36.9 Å². The quantitative estimate of drug-likeness (QED) is 0.662. The number of hydrogen-bond donors (Lipinski definition) is 0. The van der Waals surface area contributed by atoms with Gasteiger partial charge in [-0.3, -0.25) is 0 Å². The summed E-state index contributed by atoms with van der Waals surface area (Å²) in [4.78, 5) is 0. The van der Waals surface area contributed by atoms with Crippen molar-refractivity contribution in [2.45, 2.75) is 78.6 Å². The van der Waals surface area contributed by atoms with Crippen LogP contribution in [0.5, 0.6) is 0 Å². The van der Waals surface area contributed by atoms with E-state index >= 15 is 0 Å². The average Bonchev–Trinajstić information content (AvgIpc) is 2.88. The molecule has 1 aliphatic rings. The highest BCUT2D eigenvalue weighted by atomic mass is 16.7. The molecule has 1 fully saturated rings. The van der Waals surface area contributed by atoms with Gasteiger partial charge in [0.25, 0.3) is 0 Å². The Morgan fingerprint density at radius 2 is 1.52 bits per heavy atom. The van der Waals surface area contributed by atoms with Crippen molar-refractivity contribution < 1.29 is 18.6 Å². The van der Waals surface area contributed by atoms with Crippen LogP contribution in [0.4, 0.5) is 0 Å². The van der Waals surface area contributed by atoms with E-state index in [9.17, 15) is 0 Å². The molecular formula is C23H34B2O4. The molecule has 1 heterocycles. The normalized spacial score (nSPS) is 18.4. The van der Waals surface area contributed by atoms with Crippen LogP contribution in [0, 0.1) is 0 Å². The molecule has 1 aliphatic heterocycles. The van der Waals surface area contributed by atoms with Crippen LogP contribution in [0.15, 0.2) is 36.4 Å². The van der Waals surface area contributed by atoms with Crippen LogP contribution in [0.2, 0.25) is 0 Å². The molecule has 0 spiro atoms. The summed E-state index contributed by atoms with van der Waals surface area (Å²) in [6.45, 7) is 17.2. The molecule has 2 aromatic carbocycles. The molecule has 4 nitrogen and oxygen atoms in total. The van der Waals surface area contributed by atoms with Crippen molar-refractivity contribution in [2.24, 2.45) is 0 Å². The third kappa shape index (κ3) is 4.72. The van der Waals surface area contributed by atoms with Gasteiger partial charge >= 0.3 is 14.2 Å². The van der Waals surface area contributed by atoms with Gasteiger partial charge in [0.05, 0.1) is 11.2 Å². The van der Waals surface area contributed by atoms with Gasteiger partial charge in [-0.2, -0.15) is 0 Å². The van der Waals surface area contributed by atoms with Crippen LogP contribution < -0.4 is 10.9 Å². The van der Waals surface area contributed by atoms with E-state index in [1.807, 2.05) is 6.92 Å². The zero-order valence-corrected chi connectivity index (χ0v) is 19.2. The van der Waals surface area contributed by atoms with Crippen LogP contribution in [0.1, 0.15) is 61.8 Å². The molecule has 6 heteroatoms. The minimum Gasteiger partial charge on any atom is -0.408 e. The standard InChI is InChI=1S/C23H34B2O4/c1-9-21(3,4)27-24(26-10-2)19-13-11-18-16-20(14-12-17(18)15-19)25-28-22(5,6)23(7,8)29-25/h11-16H,9-10H2,1-8H3. The molecule has 3 rings (SSSR count). The molecule has 0 saturated carbocycles. The Morgan fingerprint density at radius 1 is 0.931 bits per heavy atom. The third-order valence-corrected chi connectivity index (χ3v) is 6.28. The first kappa shape index (κ1) is 22.4. The Balaban J connectivity index is 1.87. The highest BCUT2D eigenvalue weighted by molar-refractivity contribution is 6.63. The van der Waals surface area contributed by atoms with Gasteiger partial charge in [-0.05, 0) is 76.6 Å². The van der Waals surface area contributed by atoms with Gasteiger partial charge in [0.1, 0.15) is 0 Å². The second kappa shape index (κ2) is 8.07. The SMILES string of the molecule is CCOB(OC(C)(C)CC)c1ccc2cc(B3OC(C)(C)C(C)(C)O3)ccc2c1. The van der Waals surface area contributed by atoms with E-state index in [1.165, 1.54) is 0 Å². The molecule has 0 unspecified atom stereocenters. The summed E-state index contributed by atoms with van der Waals surface area (Å²) < 4.78 is 24.6. The maximum Gasteiger partial charge on any atom is 0.494 e. The Hall–Kier alpha value is -1.33. The Kier molecular flexibility index (Phi) is 6.22. The highest BCUT2D eigenvalue weighted by Crippen LogP contribution is 2.36. The zero-order chi connectivity index (χ0) is 21.4. The lowest BCUT2D eigenvalue weighted by atomic mass is 9.75. The molecule has 156 valence electrons. The average molecular weight is 396 g/mol. The lowest BCUT2D eigenvalue weighted by Gasteiger charge is -2.32. The maximum absolute atomic E-state index is 6.25. The first-order valence-electron chi connectivity index (χ1n) is 10.7. The summed E-state index contributed by atoms with van der Waals surface area (Å²) in [5.74, 6) is 0. The summed E-state index contributed by atoms with van der Waals surface area (Å²) in [6, 6.07) is 12.7. The lowest BCUT2D eigenvalue weighted by Crippen LogP contribution is -2.43. The highest BCUT2D eigenvalue weighted by Gasteiger charge is 2.51. The van der Waals surface area contributed by atoms with Crippen molar-refractivity contribution in [3.05, 3.63) is 36.4 Å². The van der Waals surface area contributed by atoms with Gasteiger partial charge in [-0.15, -0.1) is 0 Å². The predicted molar refractivity (Wildman–Crippen MR) is 122 cm³/mol. The van der Waals surface area contributed by atoms with Gasteiger partial charge in [0, 0.05) is 12.2 Å².